The zero-order valence-electron chi connectivity index (χ0n) is 14.6. The molecule has 0 aliphatic carbocycles. The van der Waals surface area contributed by atoms with Gasteiger partial charge in [-0.25, -0.2) is 4.79 Å². The number of hydrogen-bond donors (Lipinski definition) is 1. The Morgan fingerprint density at radius 3 is 2.26 bits per heavy atom. The van der Waals surface area contributed by atoms with Crippen LogP contribution in [0.4, 0.5) is 0 Å². The minimum atomic E-state index is -1.24. The lowest BCUT2D eigenvalue weighted by Crippen LogP contribution is -2.42. The largest absolute Gasteiger partial charge is 0.463 e. The van der Waals surface area contributed by atoms with E-state index >= 15 is 0 Å². The molecule has 0 unspecified atom stereocenters. The highest BCUT2D eigenvalue weighted by atomic mass is 79.9. The van der Waals surface area contributed by atoms with Gasteiger partial charge in [0.15, 0.2) is 18.4 Å². The summed E-state index contributed by atoms with van der Waals surface area (Å²) in [7, 11) is 0. The molecule has 148 valence electrons. The molecule has 0 saturated carbocycles. The zero-order chi connectivity index (χ0) is 20.3. The van der Waals surface area contributed by atoms with Crippen molar-refractivity contribution in [2.75, 3.05) is 6.61 Å². The van der Waals surface area contributed by atoms with Crippen molar-refractivity contribution in [3.05, 3.63) is 31.5 Å². The molecule has 27 heavy (non-hydrogen) atoms. The van der Waals surface area contributed by atoms with Crippen LogP contribution in [0.5, 0.6) is 0 Å². The van der Waals surface area contributed by atoms with Crippen molar-refractivity contribution in [2.24, 2.45) is 0 Å². The highest BCUT2D eigenvalue weighted by molar-refractivity contribution is 9.10. The Labute approximate surface area is 160 Å². The molecule has 1 aromatic heterocycles. The Morgan fingerprint density at radius 2 is 1.70 bits per heavy atom. The lowest BCUT2D eigenvalue weighted by atomic mass is 10.1. The highest BCUT2D eigenvalue weighted by Crippen LogP contribution is 2.33. The van der Waals surface area contributed by atoms with Gasteiger partial charge in [-0.05, 0) is 15.9 Å². The van der Waals surface area contributed by atoms with Crippen molar-refractivity contribution >= 4 is 33.8 Å². The first-order valence-corrected chi connectivity index (χ1v) is 8.53. The van der Waals surface area contributed by atoms with Gasteiger partial charge < -0.3 is 18.9 Å². The maximum Gasteiger partial charge on any atom is 0.330 e. The maximum absolute atomic E-state index is 12.2. The van der Waals surface area contributed by atoms with E-state index in [1.165, 1.54) is 6.92 Å². The monoisotopic (exact) mass is 448 g/mol. The fourth-order valence-electron chi connectivity index (χ4n) is 2.57. The standard InChI is InChI=1S/C15H17BrN2O9/c1-6(19)24-5-10-11(25-7(2)20)12(26-8(3)21)14(27-10)18-4-9(16)13(22)17-15(18)23/h4,10-12,14H,5H2,1-3H3,(H,17,22,23)/t10-,11-,12-,14+/m1/s1. The molecule has 0 amide bonds. The van der Waals surface area contributed by atoms with Gasteiger partial charge in [-0.1, -0.05) is 0 Å². The molecule has 0 radical (unpaired) electrons. The number of esters is 3. The number of aromatic amines is 1. The Bertz CT molecular complexity index is 862. The number of nitrogens with zero attached hydrogens (tertiary/aromatic N) is 1. The Hall–Kier alpha value is -2.47. The van der Waals surface area contributed by atoms with Crippen LogP contribution in [0, 0.1) is 0 Å². The SMILES string of the molecule is CC(=O)OC[C@H]1O[C@H](n2cc(Br)c(=O)[nH]c2=O)[C@H](OC(C)=O)[C@@H]1OC(C)=O. The molecule has 1 aromatic rings. The molecule has 2 rings (SSSR count). The average molecular weight is 449 g/mol. The van der Waals surface area contributed by atoms with E-state index in [9.17, 15) is 24.0 Å². The van der Waals surface area contributed by atoms with Crippen LogP contribution < -0.4 is 11.2 Å². The molecule has 11 nitrogen and oxygen atoms in total. The lowest BCUT2D eigenvalue weighted by Gasteiger charge is -2.23. The fraction of sp³-hybridized carbons (Fsp3) is 0.533. The molecular weight excluding hydrogens is 432 g/mol. The van der Waals surface area contributed by atoms with E-state index < -0.39 is 53.7 Å². The van der Waals surface area contributed by atoms with Crippen molar-refractivity contribution in [3.63, 3.8) is 0 Å². The van der Waals surface area contributed by atoms with Crippen molar-refractivity contribution in [2.45, 2.75) is 45.3 Å². The summed E-state index contributed by atoms with van der Waals surface area (Å²) in [4.78, 5) is 59.9. The number of ether oxygens (including phenoxy) is 4. The smallest absolute Gasteiger partial charge is 0.330 e. The fourth-order valence-corrected chi connectivity index (χ4v) is 2.89. The molecule has 0 bridgehead atoms. The van der Waals surface area contributed by atoms with Crippen molar-refractivity contribution in [1.82, 2.24) is 9.55 Å². The molecule has 2 heterocycles. The van der Waals surface area contributed by atoms with Crippen LogP contribution in [0.1, 0.15) is 27.0 Å². The van der Waals surface area contributed by atoms with E-state index in [1.54, 1.807) is 0 Å². The number of nitrogens with one attached hydrogen (secondary N) is 1. The van der Waals surface area contributed by atoms with E-state index in [4.69, 9.17) is 18.9 Å². The van der Waals surface area contributed by atoms with Crippen molar-refractivity contribution in [3.8, 4) is 0 Å². The third kappa shape index (κ3) is 5.04. The molecular formula is C15H17BrN2O9. The van der Waals surface area contributed by atoms with Gasteiger partial charge in [-0.15, -0.1) is 0 Å². The molecule has 4 atom stereocenters. The van der Waals surface area contributed by atoms with Crippen LogP contribution in [0.25, 0.3) is 0 Å². The van der Waals surface area contributed by atoms with Gasteiger partial charge in [-0.2, -0.15) is 0 Å². The molecule has 0 aromatic carbocycles. The quantitative estimate of drug-likeness (QED) is 0.470. The van der Waals surface area contributed by atoms with E-state index in [-0.39, 0.29) is 11.1 Å². The number of hydrogen-bond acceptors (Lipinski definition) is 9. The highest BCUT2D eigenvalue weighted by Gasteiger charge is 2.51. The van der Waals surface area contributed by atoms with Gasteiger partial charge in [0.2, 0.25) is 0 Å². The van der Waals surface area contributed by atoms with Gasteiger partial charge in [-0.3, -0.25) is 28.7 Å². The average Bonchev–Trinajstić information content (AvgIpc) is 2.85. The predicted octanol–water partition coefficient (Wildman–Crippen LogP) is -0.377. The first kappa shape index (κ1) is 20.8. The first-order chi connectivity index (χ1) is 12.6. The van der Waals surface area contributed by atoms with Gasteiger partial charge in [0, 0.05) is 27.0 Å². The van der Waals surface area contributed by atoms with Crippen LogP contribution in [-0.4, -0.2) is 52.4 Å². The van der Waals surface area contributed by atoms with Crippen LogP contribution in [0.2, 0.25) is 0 Å². The van der Waals surface area contributed by atoms with Crippen LogP contribution in [-0.2, 0) is 33.3 Å². The van der Waals surface area contributed by atoms with Crippen LogP contribution in [0.15, 0.2) is 20.3 Å². The minimum Gasteiger partial charge on any atom is -0.463 e. The Balaban J connectivity index is 2.47. The van der Waals surface area contributed by atoms with Crippen LogP contribution in [0.3, 0.4) is 0 Å². The molecule has 1 N–H and O–H groups in total. The second kappa shape index (κ2) is 8.48. The summed E-state index contributed by atoms with van der Waals surface area (Å²) in [6.45, 7) is 3.15. The van der Waals surface area contributed by atoms with E-state index in [0.29, 0.717) is 0 Å². The summed E-state index contributed by atoms with van der Waals surface area (Å²) < 4.78 is 22.0. The molecule has 1 saturated heterocycles. The van der Waals surface area contributed by atoms with E-state index in [1.807, 2.05) is 0 Å². The second-order valence-corrected chi connectivity index (χ2v) is 6.51. The van der Waals surface area contributed by atoms with E-state index in [2.05, 4.69) is 20.9 Å². The lowest BCUT2D eigenvalue weighted by molar-refractivity contribution is -0.166. The number of carbonyl (C=O) groups is 3. The molecule has 12 heteroatoms. The number of H-pyrrole nitrogens is 1. The first-order valence-electron chi connectivity index (χ1n) is 7.74. The summed E-state index contributed by atoms with van der Waals surface area (Å²) in [5.74, 6) is -2.00. The van der Waals surface area contributed by atoms with Gasteiger partial charge in [0.05, 0.1) is 4.47 Å². The molecule has 1 aliphatic rings. The van der Waals surface area contributed by atoms with Crippen molar-refractivity contribution in [1.29, 1.82) is 0 Å². The Kier molecular flexibility index (Phi) is 6.54. The van der Waals surface area contributed by atoms with Gasteiger partial charge in [0.25, 0.3) is 5.56 Å². The zero-order valence-corrected chi connectivity index (χ0v) is 16.2. The summed E-state index contributed by atoms with van der Waals surface area (Å²) in [5.41, 5.74) is -1.49. The molecule has 1 aliphatic heterocycles. The van der Waals surface area contributed by atoms with Crippen LogP contribution >= 0.6 is 15.9 Å². The van der Waals surface area contributed by atoms with Gasteiger partial charge >= 0.3 is 23.6 Å². The summed E-state index contributed by atoms with van der Waals surface area (Å²) in [6, 6.07) is 0. The minimum absolute atomic E-state index is 0.0275. The van der Waals surface area contributed by atoms with Gasteiger partial charge in [0.1, 0.15) is 12.7 Å². The Morgan fingerprint density at radius 1 is 1.11 bits per heavy atom. The molecule has 0 spiro atoms. The third-order valence-corrected chi connectivity index (χ3v) is 4.10. The molecule has 1 fully saturated rings. The number of rotatable bonds is 5. The van der Waals surface area contributed by atoms with Crippen molar-refractivity contribution < 1.29 is 33.3 Å². The summed E-state index contributed by atoms with van der Waals surface area (Å²) in [5, 5.41) is 0. The normalized spacial score (nSPS) is 24.3. The second-order valence-electron chi connectivity index (χ2n) is 5.66. The number of halogens is 1. The summed E-state index contributed by atoms with van der Waals surface area (Å²) in [6.07, 6.45) is -3.46. The third-order valence-electron chi connectivity index (χ3n) is 3.54. The number of aromatic nitrogens is 2. The number of carbonyl (C=O) groups excluding carboxylic acids is 3. The topological polar surface area (TPSA) is 143 Å². The van der Waals surface area contributed by atoms with E-state index in [0.717, 1.165) is 24.6 Å². The maximum atomic E-state index is 12.2. The summed E-state index contributed by atoms with van der Waals surface area (Å²) >= 11 is 3.00. The predicted molar refractivity (Wildman–Crippen MR) is 90.7 cm³/mol.